The Bertz CT molecular complexity index is 324. The molecule has 0 aliphatic carbocycles. The number of sulfone groups is 1. The van der Waals surface area contributed by atoms with Crippen molar-refractivity contribution in [2.24, 2.45) is 5.92 Å². The smallest absolute Gasteiger partial charge is 0.152 e. The SMILES string of the molecule is CC(C)CSC(=S)N[C@H]1CCS(=O)(=O)C1. The van der Waals surface area contributed by atoms with Crippen molar-refractivity contribution >= 4 is 38.1 Å². The van der Waals surface area contributed by atoms with Crippen LogP contribution in [-0.2, 0) is 9.84 Å². The van der Waals surface area contributed by atoms with E-state index >= 15 is 0 Å². The molecule has 88 valence electrons. The van der Waals surface area contributed by atoms with Crippen molar-refractivity contribution in [2.45, 2.75) is 26.3 Å². The van der Waals surface area contributed by atoms with E-state index in [1.807, 2.05) is 0 Å². The molecule has 1 N–H and O–H groups in total. The van der Waals surface area contributed by atoms with Crippen molar-refractivity contribution < 1.29 is 8.42 Å². The number of hydrogen-bond donors (Lipinski definition) is 1. The van der Waals surface area contributed by atoms with E-state index in [2.05, 4.69) is 19.2 Å². The summed E-state index contributed by atoms with van der Waals surface area (Å²) in [7, 11) is -2.80. The highest BCUT2D eigenvalue weighted by atomic mass is 32.2. The molecule has 3 nitrogen and oxygen atoms in total. The molecule has 0 radical (unpaired) electrons. The van der Waals surface area contributed by atoms with E-state index in [0.29, 0.717) is 18.1 Å². The Morgan fingerprint density at radius 3 is 2.73 bits per heavy atom. The van der Waals surface area contributed by atoms with Crippen molar-refractivity contribution in [3.8, 4) is 0 Å². The minimum Gasteiger partial charge on any atom is -0.367 e. The lowest BCUT2D eigenvalue weighted by Crippen LogP contribution is -2.33. The van der Waals surface area contributed by atoms with Crippen LogP contribution >= 0.6 is 24.0 Å². The number of thiocarbonyl (C=S) groups is 1. The molecule has 0 aromatic rings. The second-order valence-electron chi connectivity index (χ2n) is 4.24. The lowest BCUT2D eigenvalue weighted by Gasteiger charge is -2.13. The number of thioether (sulfide) groups is 1. The maximum atomic E-state index is 11.2. The van der Waals surface area contributed by atoms with Gasteiger partial charge in [0, 0.05) is 11.8 Å². The van der Waals surface area contributed by atoms with Crippen LogP contribution in [0.25, 0.3) is 0 Å². The minimum atomic E-state index is -2.80. The van der Waals surface area contributed by atoms with Gasteiger partial charge in [0.25, 0.3) is 0 Å². The third-order valence-corrected chi connectivity index (χ3v) is 5.55. The van der Waals surface area contributed by atoms with Gasteiger partial charge in [-0.3, -0.25) is 0 Å². The van der Waals surface area contributed by atoms with Crippen molar-refractivity contribution in [1.82, 2.24) is 5.32 Å². The van der Waals surface area contributed by atoms with Crippen molar-refractivity contribution in [2.75, 3.05) is 17.3 Å². The molecular formula is C9H17NO2S3. The van der Waals surface area contributed by atoms with Gasteiger partial charge in [-0.15, -0.1) is 0 Å². The molecule has 0 aromatic carbocycles. The first-order valence-electron chi connectivity index (χ1n) is 5.03. The molecule has 1 saturated heterocycles. The summed E-state index contributed by atoms with van der Waals surface area (Å²) in [5.74, 6) is 2.10. The maximum absolute atomic E-state index is 11.2. The zero-order valence-corrected chi connectivity index (χ0v) is 11.5. The zero-order valence-electron chi connectivity index (χ0n) is 9.02. The third kappa shape index (κ3) is 5.17. The van der Waals surface area contributed by atoms with Crippen LogP contribution < -0.4 is 5.32 Å². The van der Waals surface area contributed by atoms with E-state index in [1.54, 1.807) is 11.8 Å². The van der Waals surface area contributed by atoms with Crippen LogP contribution in [0.3, 0.4) is 0 Å². The Balaban J connectivity index is 2.28. The van der Waals surface area contributed by atoms with Crippen molar-refractivity contribution in [3.63, 3.8) is 0 Å². The lowest BCUT2D eigenvalue weighted by atomic mass is 10.3. The summed E-state index contributed by atoms with van der Waals surface area (Å²) < 4.78 is 23.1. The van der Waals surface area contributed by atoms with Crippen LogP contribution in [0.5, 0.6) is 0 Å². The third-order valence-electron chi connectivity index (χ3n) is 2.10. The second-order valence-corrected chi connectivity index (χ2v) is 8.16. The highest BCUT2D eigenvalue weighted by Crippen LogP contribution is 2.14. The molecule has 1 aliphatic rings. The fraction of sp³-hybridized carbons (Fsp3) is 0.889. The lowest BCUT2D eigenvalue weighted by molar-refractivity contribution is 0.600. The van der Waals surface area contributed by atoms with Gasteiger partial charge in [0.05, 0.1) is 11.5 Å². The van der Waals surface area contributed by atoms with E-state index in [-0.39, 0.29) is 11.8 Å². The van der Waals surface area contributed by atoms with Gasteiger partial charge in [-0.25, -0.2) is 8.42 Å². The van der Waals surface area contributed by atoms with E-state index < -0.39 is 9.84 Å². The van der Waals surface area contributed by atoms with Gasteiger partial charge in [0.15, 0.2) is 9.84 Å². The van der Waals surface area contributed by atoms with Gasteiger partial charge in [-0.05, 0) is 12.3 Å². The first kappa shape index (κ1) is 13.3. The van der Waals surface area contributed by atoms with Crippen LogP contribution in [0.2, 0.25) is 0 Å². The van der Waals surface area contributed by atoms with Gasteiger partial charge >= 0.3 is 0 Å². The first-order chi connectivity index (χ1) is 6.89. The van der Waals surface area contributed by atoms with Crippen molar-refractivity contribution in [1.29, 1.82) is 0 Å². The summed E-state index contributed by atoms with van der Waals surface area (Å²) in [6.07, 6.45) is 0.685. The molecule has 0 saturated carbocycles. The molecule has 1 aliphatic heterocycles. The predicted octanol–water partition coefficient (Wildman–Crippen LogP) is 1.44. The molecule has 0 bridgehead atoms. The quantitative estimate of drug-likeness (QED) is 0.784. The molecule has 0 amide bonds. The number of rotatable bonds is 3. The highest BCUT2D eigenvalue weighted by molar-refractivity contribution is 8.22. The standard InChI is InChI=1S/C9H17NO2S3/c1-7(2)5-14-9(13)10-8-3-4-15(11,12)6-8/h7-8H,3-6H2,1-2H3,(H,10,13)/t8-/m0/s1. The number of hydrogen-bond acceptors (Lipinski definition) is 4. The predicted molar refractivity (Wildman–Crippen MR) is 70.1 cm³/mol. The average molecular weight is 267 g/mol. The average Bonchev–Trinajstić information content (AvgIpc) is 2.42. The summed E-state index contributed by atoms with van der Waals surface area (Å²) in [4.78, 5) is 0. The van der Waals surface area contributed by atoms with Crippen LogP contribution in [0, 0.1) is 5.92 Å². The van der Waals surface area contributed by atoms with E-state index in [0.717, 1.165) is 10.1 Å². The van der Waals surface area contributed by atoms with Gasteiger partial charge in [-0.2, -0.15) is 0 Å². The van der Waals surface area contributed by atoms with Crippen LogP contribution in [0.4, 0.5) is 0 Å². The second kappa shape index (κ2) is 5.50. The molecule has 15 heavy (non-hydrogen) atoms. The van der Waals surface area contributed by atoms with Crippen LogP contribution in [0.15, 0.2) is 0 Å². The fourth-order valence-corrected chi connectivity index (χ4v) is 4.14. The summed E-state index contributed by atoms with van der Waals surface area (Å²) in [6, 6.07) is 0.0298. The number of nitrogens with one attached hydrogen (secondary N) is 1. The van der Waals surface area contributed by atoms with E-state index in [4.69, 9.17) is 12.2 Å². The maximum Gasteiger partial charge on any atom is 0.152 e. The summed E-state index contributed by atoms with van der Waals surface area (Å²) >= 11 is 6.74. The van der Waals surface area contributed by atoms with Crippen molar-refractivity contribution in [3.05, 3.63) is 0 Å². The molecule has 1 heterocycles. The fourth-order valence-electron chi connectivity index (χ4n) is 1.36. The van der Waals surface area contributed by atoms with Crippen LogP contribution in [-0.4, -0.2) is 36.0 Å². The Morgan fingerprint density at radius 1 is 1.60 bits per heavy atom. The Labute approximate surface area is 101 Å². The molecule has 1 rings (SSSR count). The highest BCUT2D eigenvalue weighted by Gasteiger charge is 2.28. The Hall–Kier alpha value is 0.190. The molecule has 1 fully saturated rings. The largest absolute Gasteiger partial charge is 0.367 e. The Morgan fingerprint density at radius 2 is 2.27 bits per heavy atom. The summed E-state index contributed by atoms with van der Waals surface area (Å²) in [5.41, 5.74) is 0. The van der Waals surface area contributed by atoms with Gasteiger partial charge < -0.3 is 5.32 Å². The van der Waals surface area contributed by atoms with Crippen LogP contribution in [0.1, 0.15) is 20.3 Å². The normalized spacial score (nSPS) is 24.3. The monoisotopic (exact) mass is 267 g/mol. The zero-order chi connectivity index (χ0) is 11.5. The minimum absolute atomic E-state index is 0.0298. The van der Waals surface area contributed by atoms with E-state index in [1.165, 1.54) is 0 Å². The molecule has 0 unspecified atom stereocenters. The molecule has 0 spiro atoms. The molecule has 6 heteroatoms. The van der Waals surface area contributed by atoms with Gasteiger partial charge in [0.1, 0.15) is 4.32 Å². The molecule has 1 atom stereocenters. The topological polar surface area (TPSA) is 46.2 Å². The molecular weight excluding hydrogens is 250 g/mol. The first-order valence-corrected chi connectivity index (χ1v) is 8.24. The Kier molecular flexibility index (Phi) is 4.86. The van der Waals surface area contributed by atoms with Gasteiger partial charge in [-0.1, -0.05) is 37.8 Å². The van der Waals surface area contributed by atoms with E-state index in [9.17, 15) is 8.42 Å². The summed E-state index contributed by atoms with van der Waals surface area (Å²) in [5, 5.41) is 3.11. The molecule has 0 aromatic heterocycles. The van der Waals surface area contributed by atoms with Gasteiger partial charge in [0.2, 0.25) is 0 Å². The summed E-state index contributed by atoms with van der Waals surface area (Å²) in [6.45, 7) is 4.27.